The maximum Gasteiger partial charge on any atom is 0.116 e. The van der Waals surface area contributed by atoms with Crippen molar-refractivity contribution in [2.75, 3.05) is 11.9 Å². The van der Waals surface area contributed by atoms with Gasteiger partial charge in [0.05, 0.1) is 17.1 Å². The van der Waals surface area contributed by atoms with Crippen LogP contribution in [0.3, 0.4) is 0 Å². The summed E-state index contributed by atoms with van der Waals surface area (Å²) < 4.78 is 0. The summed E-state index contributed by atoms with van der Waals surface area (Å²) >= 11 is 0. The van der Waals surface area contributed by atoms with Crippen molar-refractivity contribution in [3.8, 4) is 0 Å². The van der Waals surface area contributed by atoms with Crippen molar-refractivity contribution in [3.63, 3.8) is 0 Å². The lowest BCUT2D eigenvalue weighted by atomic mass is 9.77. The van der Waals surface area contributed by atoms with Crippen LogP contribution in [0.15, 0.2) is 72.0 Å². The van der Waals surface area contributed by atoms with Gasteiger partial charge in [0.1, 0.15) is 12.0 Å². The predicted octanol–water partition coefficient (Wildman–Crippen LogP) is 10.5. The summed E-state index contributed by atoms with van der Waals surface area (Å²) in [5.41, 5.74) is 9.63. The van der Waals surface area contributed by atoms with Gasteiger partial charge in [-0.3, -0.25) is 0 Å². The molecule has 4 heteroatoms. The normalized spacial score (nSPS) is 14.4. The molecule has 0 saturated heterocycles. The Hall–Kier alpha value is -3.27. The Balaban J connectivity index is 1.72. The van der Waals surface area contributed by atoms with E-state index < -0.39 is 0 Å². The van der Waals surface area contributed by atoms with Crippen LogP contribution in [0.5, 0.6) is 0 Å². The molecular weight excluding hydrogens is 512 g/mol. The van der Waals surface area contributed by atoms with E-state index >= 15 is 0 Å². The highest BCUT2D eigenvalue weighted by Gasteiger charge is 2.28. The summed E-state index contributed by atoms with van der Waals surface area (Å²) in [6.07, 6.45) is 6.40. The highest BCUT2D eigenvalue weighted by molar-refractivity contribution is 6.07. The molecule has 3 rings (SSSR count). The average molecular weight is 566 g/mol. The van der Waals surface area contributed by atoms with E-state index in [-0.39, 0.29) is 5.41 Å². The summed E-state index contributed by atoms with van der Waals surface area (Å²) in [4.78, 5) is 16.1. The Bertz CT molecular complexity index is 1310. The highest BCUT2D eigenvalue weighted by atomic mass is 15.1. The zero-order valence-electron chi connectivity index (χ0n) is 27.8. The molecular formula is C38H53N4-. The minimum atomic E-state index is -0.294. The van der Waals surface area contributed by atoms with Gasteiger partial charge in [-0.1, -0.05) is 89.6 Å². The molecule has 3 unspecified atom stereocenters. The number of aromatic nitrogens is 2. The smallest absolute Gasteiger partial charge is 0.116 e. The van der Waals surface area contributed by atoms with Crippen LogP contribution in [-0.4, -0.2) is 22.7 Å². The van der Waals surface area contributed by atoms with E-state index in [9.17, 15) is 0 Å². The predicted molar refractivity (Wildman–Crippen MR) is 182 cm³/mol. The topological polar surface area (TPSA) is 41.4 Å². The van der Waals surface area contributed by atoms with E-state index in [0.717, 1.165) is 40.3 Å². The van der Waals surface area contributed by atoms with Crippen LogP contribution in [0.2, 0.25) is 0 Å². The summed E-state index contributed by atoms with van der Waals surface area (Å²) in [6.45, 7) is 26.0. The van der Waals surface area contributed by atoms with Crippen molar-refractivity contribution >= 4 is 17.1 Å². The number of aliphatic imine (C=N–C) groups is 1. The second kappa shape index (κ2) is 14.8. The van der Waals surface area contributed by atoms with Gasteiger partial charge in [-0.05, 0) is 93.7 Å². The van der Waals surface area contributed by atoms with Gasteiger partial charge in [0, 0.05) is 11.1 Å². The number of hydrogen-bond donors (Lipinski definition) is 0. The molecule has 226 valence electrons. The molecule has 0 bridgehead atoms. The van der Waals surface area contributed by atoms with Crippen LogP contribution in [0.25, 0.3) is 0 Å². The molecule has 0 aliphatic rings. The molecule has 1 heterocycles. The largest absolute Gasteiger partial charge is 0.525 e. The fourth-order valence-corrected chi connectivity index (χ4v) is 5.68. The lowest BCUT2D eigenvalue weighted by molar-refractivity contribution is 0.415. The number of anilines is 1. The minimum Gasteiger partial charge on any atom is -0.525 e. The molecule has 3 aromatic rings. The third-order valence-electron chi connectivity index (χ3n) is 9.24. The SMILES string of the molecule is C=C(C)C(C)(C)C(=Nc1c(C)ncnc1C)c1ccc(C(CC)CCC(C)CC(C)c2ccc(N(C)[CH-]C)cc2)cc1. The van der Waals surface area contributed by atoms with E-state index in [1.165, 1.54) is 36.1 Å². The van der Waals surface area contributed by atoms with Crippen LogP contribution in [-0.2, 0) is 0 Å². The van der Waals surface area contributed by atoms with E-state index in [1.807, 2.05) is 13.8 Å². The number of nitrogens with zero attached hydrogens (tertiary/aromatic N) is 4. The van der Waals surface area contributed by atoms with E-state index in [1.54, 1.807) is 6.33 Å². The van der Waals surface area contributed by atoms with Crippen molar-refractivity contribution in [1.82, 2.24) is 9.97 Å². The Kier molecular flexibility index (Phi) is 11.7. The van der Waals surface area contributed by atoms with Gasteiger partial charge >= 0.3 is 0 Å². The summed E-state index contributed by atoms with van der Waals surface area (Å²) in [7, 11) is 2.09. The number of aryl methyl sites for hydroxylation is 2. The van der Waals surface area contributed by atoms with Gasteiger partial charge in [-0.15, -0.1) is 0 Å². The quantitative estimate of drug-likeness (QED) is 0.111. The van der Waals surface area contributed by atoms with Gasteiger partial charge in [-0.25, -0.2) is 21.5 Å². The molecule has 0 aliphatic carbocycles. The van der Waals surface area contributed by atoms with Crippen molar-refractivity contribution < 1.29 is 0 Å². The molecule has 0 radical (unpaired) electrons. The number of allylic oxidation sites excluding steroid dienone is 1. The van der Waals surface area contributed by atoms with Crippen LogP contribution >= 0.6 is 0 Å². The molecule has 0 amide bonds. The Morgan fingerprint density at radius 2 is 1.52 bits per heavy atom. The van der Waals surface area contributed by atoms with E-state index in [4.69, 9.17) is 4.99 Å². The molecule has 4 nitrogen and oxygen atoms in total. The van der Waals surface area contributed by atoms with Crippen molar-refractivity contribution in [2.24, 2.45) is 16.3 Å². The first-order chi connectivity index (χ1) is 19.9. The minimum absolute atomic E-state index is 0.294. The van der Waals surface area contributed by atoms with Crippen molar-refractivity contribution in [1.29, 1.82) is 0 Å². The first kappa shape index (κ1) is 33.2. The average Bonchev–Trinajstić information content (AvgIpc) is 2.97. The fourth-order valence-electron chi connectivity index (χ4n) is 5.68. The zero-order valence-corrected chi connectivity index (χ0v) is 27.8. The number of rotatable bonds is 14. The van der Waals surface area contributed by atoms with E-state index in [2.05, 4.69) is 132 Å². The third kappa shape index (κ3) is 8.18. The molecule has 3 atom stereocenters. The fraction of sp³-hybridized carbons (Fsp3) is 0.474. The third-order valence-corrected chi connectivity index (χ3v) is 9.24. The maximum atomic E-state index is 5.17. The van der Waals surface area contributed by atoms with Gasteiger partial charge in [0.2, 0.25) is 0 Å². The van der Waals surface area contributed by atoms with Crippen molar-refractivity contribution in [2.45, 2.75) is 99.8 Å². The van der Waals surface area contributed by atoms with Crippen LogP contribution in [0, 0.1) is 31.7 Å². The van der Waals surface area contributed by atoms with E-state index in [0.29, 0.717) is 17.8 Å². The van der Waals surface area contributed by atoms with Crippen LogP contribution in [0.1, 0.15) is 114 Å². The zero-order chi connectivity index (χ0) is 31.0. The summed E-state index contributed by atoms with van der Waals surface area (Å²) in [5.74, 6) is 1.79. The van der Waals surface area contributed by atoms with Crippen LogP contribution < -0.4 is 4.90 Å². The molecule has 0 saturated carbocycles. The molecule has 0 aliphatic heterocycles. The molecule has 0 N–H and O–H groups in total. The second-order valence-corrected chi connectivity index (χ2v) is 12.8. The van der Waals surface area contributed by atoms with Crippen molar-refractivity contribution in [3.05, 3.63) is 102 Å². The Morgan fingerprint density at radius 1 is 0.952 bits per heavy atom. The van der Waals surface area contributed by atoms with Gasteiger partial charge in [0.25, 0.3) is 0 Å². The Morgan fingerprint density at radius 3 is 2.05 bits per heavy atom. The summed E-state index contributed by atoms with van der Waals surface area (Å²) in [6, 6.07) is 18.2. The molecule has 42 heavy (non-hydrogen) atoms. The maximum absolute atomic E-state index is 5.17. The number of benzene rings is 2. The van der Waals surface area contributed by atoms with Gasteiger partial charge in [-0.2, -0.15) is 6.92 Å². The number of hydrogen-bond acceptors (Lipinski definition) is 4. The first-order valence-corrected chi connectivity index (χ1v) is 15.6. The molecule has 2 aromatic carbocycles. The standard InChI is InChI=1S/C38H53N4/c1-12-31(15-14-27(5)24-28(6)32-20-22-35(23-21-32)42(11)13-2)33-16-18-34(19-17-33)37(38(9,10)26(3)4)41-36-29(7)39-25-40-30(36)8/h13,16-23,25,27-28,31H,3,12,14-15,24H2,1-2,4-11H3/q-1. The highest BCUT2D eigenvalue weighted by Crippen LogP contribution is 2.35. The van der Waals surface area contributed by atoms with Gasteiger partial charge < -0.3 is 4.90 Å². The molecule has 0 fully saturated rings. The first-order valence-electron chi connectivity index (χ1n) is 15.6. The lowest BCUT2D eigenvalue weighted by Gasteiger charge is -2.28. The summed E-state index contributed by atoms with van der Waals surface area (Å²) in [5, 5.41) is 0. The lowest BCUT2D eigenvalue weighted by Crippen LogP contribution is -2.26. The van der Waals surface area contributed by atoms with Gasteiger partial charge in [0.15, 0.2) is 0 Å². The molecule has 0 spiro atoms. The monoisotopic (exact) mass is 565 g/mol. The molecule has 1 aromatic heterocycles. The van der Waals surface area contributed by atoms with Crippen LogP contribution in [0.4, 0.5) is 11.4 Å². The Labute approximate surface area is 256 Å². The second-order valence-electron chi connectivity index (χ2n) is 12.8.